The van der Waals surface area contributed by atoms with Crippen LogP contribution in [-0.4, -0.2) is 4.98 Å². The standard InChI is InChI=1S/C25H18NO/c1-16-8-11-21(17(2)26-16)20-10-13-25-23(15-20)22-14-19(9-12-24(22)27-25)18-6-4-3-5-7-18/h4-15H,1-2H3. The Morgan fingerprint density at radius 3 is 2.07 bits per heavy atom. The van der Waals surface area contributed by atoms with Crippen molar-refractivity contribution < 1.29 is 4.42 Å². The minimum atomic E-state index is 0.907. The molecule has 0 amide bonds. The molecule has 129 valence electrons. The van der Waals surface area contributed by atoms with Gasteiger partial charge in [-0.1, -0.05) is 42.5 Å². The first kappa shape index (κ1) is 15.8. The number of hydrogen-bond acceptors (Lipinski definition) is 2. The summed E-state index contributed by atoms with van der Waals surface area (Å²) in [6.07, 6.45) is 0. The second-order valence-electron chi connectivity index (χ2n) is 6.90. The van der Waals surface area contributed by atoms with E-state index in [2.05, 4.69) is 78.6 Å². The number of rotatable bonds is 2. The third-order valence-electron chi connectivity index (χ3n) is 5.06. The monoisotopic (exact) mass is 348 g/mol. The van der Waals surface area contributed by atoms with E-state index < -0.39 is 0 Å². The predicted octanol–water partition coefficient (Wildman–Crippen LogP) is 6.73. The Labute approximate surface area is 158 Å². The molecule has 2 heterocycles. The van der Waals surface area contributed by atoms with Crippen molar-refractivity contribution in [3.63, 3.8) is 0 Å². The highest BCUT2D eigenvalue weighted by Crippen LogP contribution is 2.35. The van der Waals surface area contributed by atoms with Crippen LogP contribution in [0.4, 0.5) is 0 Å². The Balaban J connectivity index is 1.72. The number of benzene rings is 3. The molecule has 0 N–H and O–H groups in total. The highest BCUT2D eigenvalue weighted by molar-refractivity contribution is 6.07. The molecule has 0 aliphatic carbocycles. The van der Waals surface area contributed by atoms with Crippen LogP contribution in [0.5, 0.6) is 0 Å². The minimum Gasteiger partial charge on any atom is -0.456 e. The maximum absolute atomic E-state index is 6.06. The molecule has 1 radical (unpaired) electrons. The molecule has 0 fully saturated rings. The summed E-state index contributed by atoms with van der Waals surface area (Å²) < 4.78 is 6.06. The van der Waals surface area contributed by atoms with Crippen molar-refractivity contribution in [3.05, 3.63) is 90.3 Å². The molecule has 5 rings (SSSR count). The SMILES string of the molecule is Cc1ccc(-c2ccc3oc4ccc(-c5cc[c]cc5)cc4c3c2)c(C)n1. The second kappa shape index (κ2) is 6.10. The molecule has 5 aromatic rings. The van der Waals surface area contributed by atoms with Gasteiger partial charge in [-0.3, -0.25) is 4.98 Å². The van der Waals surface area contributed by atoms with Crippen molar-refractivity contribution in [2.45, 2.75) is 13.8 Å². The fraction of sp³-hybridized carbons (Fsp3) is 0.0800. The van der Waals surface area contributed by atoms with Crippen LogP contribution in [0.1, 0.15) is 11.4 Å². The molecule has 0 aliphatic heterocycles. The van der Waals surface area contributed by atoms with Crippen LogP contribution in [-0.2, 0) is 0 Å². The third kappa shape index (κ3) is 2.70. The van der Waals surface area contributed by atoms with E-state index in [4.69, 9.17) is 4.42 Å². The van der Waals surface area contributed by atoms with Crippen molar-refractivity contribution in [3.8, 4) is 22.3 Å². The lowest BCUT2D eigenvalue weighted by molar-refractivity contribution is 0.669. The average Bonchev–Trinajstić information content (AvgIpc) is 3.06. The van der Waals surface area contributed by atoms with E-state index in [9.17, 15) is 0 Å². The van der Waals surface area contributed by atoms with E-state index in [-0.39, 0.29) is 0 Å². The highest BCUT2D eigenvalue weighted by atomic mass is 16.3. The van der Waals surface area contributed by atoms with E-state index in [0.717, 1.165) is 44.5 Å². The molecule has 0 atom stereocenters. The van der Waals surface area contributed by atoms with Crippen LogP contribution in [0.3, 0.4) is 0 Å². The Morgan fingerprint density at radius 1 is 0.704 bits per heavy atom. The van der Waals surface area contributed by atoms with Gasteiger partial charge in [0.1, 0.15) is 11.2 Å². The number of aromatic nitrogens is 1. The van der Waals surface area contributed by atoms with E-state index in [0.29, 0.717) is 0 Å². The van der Waals surface area contributed by atoms with Gasteiger partial charge in [0.2, 0.25) is 0 Å². The summed E-state index contributed by atoms with van der Waals surface area (Å²) in [4.78, 5) is 4.61. The van der Waals surface area contributed by atoms with Gasteiger partial charge in [0.15, 0.2) is 0 Å². The number of aryl methyl sites for hydroxylation is 2. The van der Waals surface area contributed by atoms with Gasteiger partial charge in [0, 0.05) is 27.7 Å². The molecule has 2 nitrogen and oxygen atoms in total. The molecule has 3 aromatic carbocycles. The molecule has 0 saturated carbocycles. The van der Waals surface area contributed by atoms with Crippen LogP contribution in [0.2, 0.25) is 0 Å². The van der Waals surface area contributed by atoms with Gasteiger partial charge in [-0.2, -0.15) is 0 Å². The van der Waals surface area contributed by atoms with Crippen LogP contribution in [0, 0.1) is 19.9 Å². The topological polar surface area (TPSA) is 26.0 Å². The maximum atomic E-state index is 6.06. The average molecular weight is 348 g/mol. The van der Waals surface area contributed by atoms with Crippen molar-refractivity contribution in [2.24, 2.45) is 0 Å². The van der Waals surface area contributed by atoms with Crippen LogP contribution >= 0.6 is 0 Å². The zero-order valence-electron chi connectivity index (χ0n) is 15.3. The van der Waals surface area contributed by atoms with Gasteiger partial charge < -0.3 is 4.42 Å². The summed E-state index contributed by atoms with van der Waals surface area (Å²) in [5.41, 5.74) is 8.58. The van der Waals surface area contributed by atoms with E-state index >= 15 is 0 Å². The van der Waals surface area contributed by atoms with Crippen LogP contribution in [0.25, 0.3) is 44.2 Å². The molecule has 27 heavy (non-hydrogen) atoms. The Kier molecular flexibility index (Phi) is 3.58. The maximum Gasteiger partial charge on any atom is 0.135 e. The van der Waals surface area contributed by atoms with Crippen molar-refractivity contribution >= 4 is 21.9 Å². The van der Waals surface area contributed by atoms with E-state index in [1.165, 1.54) is 11.1 Å². The normalized spacial score (nSPS) is 11.3. The fourth-order valence-electron chi connectivity index (χ4n) is 3.70. The first-order chi connectivity index (χ1) is 13.2. The molecule has 2 aromatic heterocycles. The summed E-state index contributed by atoms with van der Waals surface area (Å²) in [7, 11) is 0. The van der Waals surface area contributed by atoms with Crippen molar-refractivity contribution in [1.82, 2.24) is 4.98 Å². The summed E-state index contributed by atoms with van der Waals surface area (Å²) >= 11 is 0. The Bertz CT molecular complexity index is 1280. The number of nitrogens with zero attached hydrogens (tertiary/aromatic N) is 1. The molecular formula is C25H18NO. The lowest BCUT2D eigenvalue weighted by Crippen LogP contribution is -1.89. The predicted molar refractivity (Wildman–Crippen MR) is 111 cm³/mol. The highest BCUT2D eigenvalue weighted by Gasteiger charge is 2.11. The lowest BCUT2D eigenvalue weighted by atomic mass is 9.99. The molecule has 0 bridgehead atoms. The molecule has 2 heteroatoms. The Morgan fingerprint density at radius 2 is 1.37 bits per heavy atom. The largest absolute Gasteiger partial charge is 0.456 e. The number of pyridine rings is 1. The van der Waals surface area contributed by atoms with Gasteiger partial charge in [-0.15, -0.1) is 0 Å². The molecule has 0 saturated heterocycles. The summed E-state index contributed by atoms with van der Waals surface area (Å²) in [5.74, 6) is 0. The van der Waals surface area contributed by atoms with Crippen LogP contribution < -0.4 is 0 Å². The molecule has 0 aliphatic rings. The third-order valence-corrected chi connectivity index (χ3v) is 5.06. The van der Waals surface area contributed by atoms with E-state index in [1.807, 2.05) is 19.1 Å². The first-order valence-corrected chi connectivity index (χ1v) is 9.06. The number of fused-ring (bicyclic) bond motifs is 3. The summed E-state index contributed by atoms with van der Waals surface area (Å²) in [6, 6.07) is 28.1. The molecule has 0 unspecified atom stereocenters. The Hall–Kier alpha value is -3.39. The minimum absolute atomic E-state index is 0.907. The number of hydrogen-bond donors (Lipinski definition) is 0. The van der Waals surface area contributed by atoms with Crippen molar-refractivity contribution in [2.75, 3.05) is 0 Å². The van der Waals surface area contributed by atoms with Gasteiger partial charge in [0.25, 0.3) is 0 Å². The summed E-state index contributed by atoms with van der Waals surface area (Å²) in [6.45, 7) is 4.08. The van der Waals surface area contributed by atoms with Crippen LogP contribution in [0.15, 0.2) is 77.2 Å². The smallest absolute Gasteiger partial charge is 0.135 e. The quantitative estimate of drug-likeness (QED) is 0.353. The van der Waals surface area contributed by atoms with Gasteiger partial charge in [-0.25, -0.2) is 0 Å². The molecule has 0 spiro atoms. The van der Waals surface area contributed by atoms with Crippen molar-refractivity contribution in [1.29, 1.82) is 0 Å². The second-order valence-corrected chi connectivity index (χ2v) is 6.90. The first-order valence-electron chi connectivity index (χ1n) is 9.06. The van der Waals surface area contributed by atoms with Gasteiger partial charge in [0.05, 0.1) is 0 Å². The zero-order valence-corrected chi connectivity index (χ0v) is 15.3. The van der Waals surface area contributed by atoms with Gasteiger partial charge in [-0.05, 0) is 66.9 Å². The zero-order chi connectivity index (χ0) is 18.4. The number of furan rings is 1. The lowest BCUT2D eigenvalue weighted by Gasteiger charge is -2.06. The summed E-state index contributed by atoms with van der Waals surface area (Å²) in [5, 5.41) is 2.27. The fourth-order valence-corrected chi connectivity index (χ4v) is 3.70. The van der Waals surface area contributed by atoms with E-state index in [1.54, 1.807) is 0 Å². The molecular weight excluding hydrogens is 330 g/mol. The van der Waals surface area contributed by atoms with Gasteiger partial charge >= 0.3 is 0 Å².